The van der Waals surface area contributed by atoms with Crippen LogP contribution in [-0.4, -0.2) is 48.0 Å². The number of carboxylic acid groups (broad SMARTS) is 1. The number of para-hydroxylation sites is 1. The molecule has 1 aliphatic heterocycles. The number of benzene rings is 3. The van der Waals surface area contributed by atoms with Crippen molar-refractivity contribution in [3.05, 3.63) is 76.9 Å². The van der Waals surface area contributed by atoms with E-state index in [0.717, 1.165) is 61.4 Å². The van der Waals surface area contributed by atoms with Crippen molar-refractivity contribution in [1.82, 2.24) is 5.32 Å². The van der Waals surface area contributed by atoms with E-state index in [9.17, 15) is 15.0 Å². The highest BCUT2D eigenvalue weighted by Crippen LogP contribution is 2.36. The Hall–Kier alpha value is -3.46. The second-order valence-corrected chi connectivity index (χ2v) is 9.49. The fourth-order valence-corrected chi connectivity index (χ4v) is 4.99. The standard InChI is InChI=1S/C31H37NO6.ClH.H2O/c1-3-9-24-27(12-7-13-28(24)38-29-11-6-5-10-25(29)31(34)35)36-16-8-17-37-30-19-22(33)18-26(23(30)4-2)21-14-15-32-20-21;;/h5-7,10-13,18-19,21,32-33H,3-4,8-9,14-17,20H2,1-2H3,(H,34,35);1H;1H2. The molecule has 0 radical (unpaired) electrons. The molecule has 1 heterocycles. The molecule has 218 valence electrons. The molecule has 4 rings (SSSR count). The third-order valence-corrected chi connectivity index (χ3v) is 6.81. The van der Waals surface area contributed by atoms with Gasteiger partial charge in [-0.15, -0.1) is 12.4 Å². The molecule has 1 saturated heterocycles. The third-order valence-electron chi connectivity index (χ3n) is 6.81. The van der Waals surface area contributed by atoms with E-state index in [4.69, 9.17) is 14.2 Å². The molecule has 1 aliphatic rings. The minimum atomic E-state index is -1.03. The summed E-state index contributed by atoms with van der Waals surface area (Å²) < 4.78 is 18.3. The predicted molar refractivity (Wildman–Crippen MR) is 158 cm³/mol. The molecule has 0 amide bonds. The lowest BCUT2D eigenvalue weighted by molar-refractivity contribution is 0.0694. The van der Waals surface area contributed by atoms with Crippen LogP contribution < -0.4 is 19.5 Å². The summed E-state index contributed by atoms with van der Waals surface area (Å²) in [5, 5.41) is 23.2. The number of nitrogens with one attached hydrogen (secondary N) is 1. The molecule has 1 atom stereocenters. The number of hydrogen-bond acceptors (Lipinski definition) is 6. The zero-order chi connectivity index (χ0) is 26.9. The lowest BCUT2D eigenvalue weighted by Gasteiger charge is -2.19. The molecule has 5 N–H and O–H groups in total. The number of phenols is 1. The Labute approximate surface area is 242 Å². The molecule has 0 bridgehead atoms. The number of aromatic hydroxyl groups is 1. The zero-order valence-corrected chi connectivity index (χ0v) is 23.9. The lowest BCUT2D eigenvalue weighted by Crippen LogP contribution is -2.11. The number of hydrogen-bond donors (Lipinski definition) is 3. The van der Waals surface area contributed by atoms with Gasteiger partial charge in [0.2, 0.25) is 0 Å². The van der Waals surface area contributed by atoms with Crippen molar-refractivity contribution in [2.75, 3.05) is 26.3 Å². The number of carboxylic acids is 1. The van der Waals surface area contributed by atoms with Crippen molar-refractivity contribution in [3.63, 3.8) is 0 Å². The topological polar surface area (TPSA) is 129 Å². The van der Waals surface area contributed by atoms with E-state index >= 15 is 0 Å². The third kappa shape index (κ3) is 8.03. The molecular formula is C31H40ClNO7. The maximum absolute atomic E-state index is 11.6. The molecule has 0 spiro atoms. The second kappa shape index (κ2) is 16.0. The molecule has 40 heavy (non-hydrogen) atoms. The van der Waals surface area contributed by atoms with E-state index in [2.05, 4.69) is 19.2 Å². The van der Waals surface area contributed by atoms with Gasteiger partial charge in [0, 0.05) is 24.6 Å². The van der Waals surface area contributed by atoms with Crippen LogP contribution in [-0.2, 0) is 12.8 Å². The highest BCUT2D eigenvalue weighted by atomic mass is 35.5. The molecule has 0 aliphatic carbocycles. The monoisotopic (exact) mass is 573 g/mol. The summed E-state index contributed by atoms with van der Waals surface area (Å²) >= 11 is 0. The molecule has 0 aromatic heterocycles. The minimum Gasteiger partial charge on any atom is -0.508 e. The van der Waals surface area contributed by atoms with Crippen LogP contribution in [0.4, 0.5) is 0 Å². The van der Waals surface area contributed by atoms with Crippen LogP contribution >= 0.6 is 12.4 Å². The van der Waals surface area contributed by atoms with E-state index in [1.165, 1.54) is 11.6 Å². The number of ether oxygens (including phenoxy) is 3. The van der Waals surface area contributed by atoms with Gasteiger partial charge in [0.15, 0.2) is 0 Å². The Balaban J connectivity index is 0.00000280. The van der Waals surface area contributed by atoms with Crippen molar-refractivity contribution >= 4 is 18.4 Å². The van der Waals surface area contributed by atoms with E-state index in [1.807, 2.05) is 24.3 Å². The number of halogens is 1. The number of phenolic OH excluding ortho intramolecular Hbond substituents is 1. The van der Waals surface area contributed by atoms with Crippen LogP contribution in [0.2, 0.25) is 0 Å². The summed E-state index contributed by atoms with van der Waals surface area (Å²) in [6, 6.07) is 15.8. The van der Waals surface area contributed by atoms with Gasteiger partial charge in [0.25, 0.3) is 0 Å². The first kappa shape index (κ1) is 32.8. The summed E-state index contributed by atoms with van der Waals surface area (Å²) in [7, 11) is 0. The van der Waals surface area contributed by atoms with Gasteiger partial charge < -0.3 is 35.2 Å². The molecule has 3 aromatic rings. The van der Waals surface area contributed by atoms with Crippen molar-refractivity contribution < 1.29 is 34.7 Å². The Morgan fingerprint density at radius 1 is 0.950 bits per heavy atom. The fraction of sp³-hybridized carbons (Fsp3) is 0.387. The molecule has 0 saturated carbocycles. The highest BCUT2D eigenvalue weighted by molar-refractivity contribution is 5.91. The second-order valence-electron chi connectivity index (χ2n) is 9.49. The number of carbonyl (C=O) groups is 1. The first-order valence-electron chi connectivity index (χ1n) is 13.5. The summed E-state index contributed by atoms with van der Waals surface area (Å²) in [5.41, 5.74) is 3.36. The molecule has 1 fully saturated rings. The summed E-state index contributed by atoms with van der Waals surface area (Å²) in [5.74, 6) is 1.96. The first-order chi connectivity index (χ1) is 18.5. The van der Waals surface area contributed by atoms with E-state index in [1.54, 1.807) is 24.3 Å². The van der Waals surface area contributed by atoms with Gasteiger partial charge in [0.05, 0.1) is 13.2 Å². The van der Waals surface area contributed by atoms with Crippen molar-refractivity contribution in [1.29, 1.82) is 0 Å². The lowest BCUT2D eigenvalue weighted by atomic mass is 9.91. The average molecular weight is 574 g/mol. The summed E-state index contributed by atoms with van der Waals surface area (Å²) in [6.07, 6.45) is 4.19. The van der Waals surface area contributed by atoms with Gasteiger partial charge in [-0.1, -0.05) is 38.5 Å². The first-order valence-corrected chi connectivity index (χ1v) is 13.5. The van der Waals surface area contributed by atoms with Crippen LogP contribution in [0.15, 0.2) is 54.6 Å². The van der Waals surface area contributed by atoms with E-state index < -0.39 is 5.97 Å². The van der Waals surface area contributed by atoms with Gasteiger partial charge in [-0.25, -0.2) is 4.79 Å². The van der Waals surface area contributed by atoms with Gasteiger partial charge in [0.1, 0.15) is 34.3 Å². The Bertz CT molecular complexity index is 1240. The molecule has 9 heteroatoms. The van der Waals surface area contributed by atoms with Crippen LogP contribution in [0.3, 0.4) is 0 Å². The molecule has 1 unspecified atom stereocenters. The zero-order valence-electron chi connectivity index (χ0n) is 23.1. The Morgan fingerprint density at radius 3 is 2.33 bits per heavy atom. The molecule has 8 nitrogen and oxygen atoms in total. The van der Waals surface area contributed by atoms with Crippen LogP contribution in [0, 0.1) is 0 Å². The van der Waals surface area contributed by atoms with E-state index in [-0.39, 0.29) is 29.2 Å². The van der Waals surface area contributed by atoms with Gasteiger partial charge in [-0.05, 0) is 73.2 Å². The smallest absolute Gasteiger partial charge is 0.339 e. The maximum Gasteiger partial charge on any atom is 0.339 e. The van der Waals surface area contributed by atoms with E-state index in [0.29, 0.717) is 37.1 Å². The van der Waals surface area contributed by atoms with Crippen LogP contribution in [0.5, 0.6) is 28.7 Å². The fourth-order valence-electron chi connectivity index (χ4n) is 4.99. The van der Waals surface area contributed by atoms with Gasteiger partial charge in [-0.2, -0.15) is 0 Å². The number of aromatic carboxylic acids is 1. The van der Waals surface area contributed by atoms with Crippen molar-refractivity contribution in [2.24, 2.45) is 0 Å². The maximum atomic E-state index is 11.6. The Kier molecular flexibility index (Phi) is 13.1. The molecule has 3 aromatic carbocycles. The molecular weight excluding hydrogens is 534 g/mol. The van der Waals surface area contributed by atoms with Crippen LogP contribution in [0.25, 0.3) is 0 Å². The largest absolute Gasteiger partial charge is 0.508 e. The average Bonchev–Trinajstić information content (AvgIpc) is 3.45. The quantitative estimate of drug-likeness (QED) is 0.216. The summed E-state index contributed by atoms with van der Waals surface area (Å²) in [6.45, 7) is 7.03. The SMILES string of the molecule is CCCc1c(OCCCOc2cc(O)cc(C3CCNC3)c2CC)cccc1Oc1ccccc1C(=O)O.Cl.O. The highest BCUT2D eigenvalue weighted by Gasteiger charge is 2.22. The van der Waals surface area contributed by atoms with Crippen molar-refractivity contribution in [3.8, 4) is 28.7 Å². The van der Waals surface area contributed by atoms with Crippen LogP contribution in [0.1, 0.15) is 66.1 Å². The van der Waals surface area contributed by atoms with Gasteiger partial charge in [-0.3, -0.25) is 0 Å². The van der Waals surface area contributed by atoms with Crippen molar-refractivity contribution in [2.45, 2.75) is 51.9 Å². The predicted octanol–water partition coefficient (Wildman–Crippen LogP) is 5.92. The van der Waals surface area contributed by atoms with Gasteiger partial charge >= 0.3 is 5.97 Å². The Morgan fingerprint density at radius 2 is 1.65 bits per heavy atom. The number of rotatable bonds is 13. The minimum absolute atomic E-state index is 0. The normalized spacial score (nSPS) is 14.1. The summed E-state index contributed by atoms with van der Waals surface area (Å²) in [4.78, 5) is 11.6.